The Morgan fingerprint density at radius 1 is 1.24 bits per heavy atom. The Labute approximate surface area is 124 Å². The predicted molar refractivity (Wildman–Crippen MR) is 80.2 cm³/mol. The highest BCUT2D eigenvalue weighted by Crippen LogP contribution is 2.31. The number of carbonyl (C=O) groups excluding carboxylic acids is 1. The van der Waals surface area contributed by atoms with E-state index >= 15 is 0 Å². The third kappa shape index (κ3) is 3.24. The fourth-order valence-corrected chi connectivity index (χ4v) is 2.13. The van der Waals surface area contributed by atoms with E-state index in [-0.39, 0.29) is 18.2 Å². The third-order valence-corrected chi connectivity index (χ3v) is 3.24. The van der Waals surface area contributed by atoms with Gasteiger partial charge in [-0.15, -0.1) is 0 Å². The molecule has 2 aromatic rings. The van der Waals surface area contributed by atoms with Crippen LogP contribution in [0.3, 0.4) is 0 Å². The molecule has 0 saturated carbocycles. The molecule has 0 bridgehead atoms. The van der Waals surface area contributed by atoms with E-state index in [2.05, 4.69) is 5.10 Å². The topological polar surface area (TPSA) is 53.4 Å². The number of methoxy groups -OCH3 is 2. The molecule has 0 saturated heterocycles. The number of ether oxygens (including phenoxy) is 2. The minimum Gasteiger partial charge on any atom is -0.493 e. The Kier molecular flexibility index (Phi) is 4.62. The molecule has 0 unspecified atom stereocenters. The van der Waals surface area contributed by atoms with Gasteiger partial charge in [0.05, 0.1) is 31.9 Å². The Morgan fingerprint density at radius 2 is 2.00 bits per heavy atom. The molecule has 5 nitrogen and oxygen atoms in total. The number of Topliss-reactive ketones (excluding diaryl/α,β-unsaturated/α-hetero) is 1. The summed E-state index contributed by atoms with van der Waals surface area (Å²) in [5.74, 6) is 0.976. The van der Waals surface area contributed by atoms with Gasteiger partial charge in [0.15, 0.2) is 17.3 Å². The van der Waals surface area contributed by atoms with Gasteiger partial charge < -0.3 is 9.47 Å². The number of ketones is 1. The summed E-state index contributed by atoms with van der Waals surface area (Å²) < 4.78 is 12.4. The number of carbonyl (C=O) groups is 1. The maximum absolute atomic E-state index is 12.5. The molecule has 2 rings (SSSR count). The second-order valence-corrected chi connectivity index (χ2v) is 5.02. The van der Waals surface area contributed by atoms with E-state index in [1.165, 1.54) is 7.11 Å². The molecule has 0 fully saturated rings. The molecule has 1 heterocycles. The highest BCUT2D eigenvalue weighted by molar-refractivity contribution is 6.00. The van der Waals surface area contributed by atoms with Gasteiger partial charge in [0.2, 0.25) is 0 Å². The monoisotopic (exact) mass is 288 g/mol. The van der Waals surface area contributed by atoms with E-state index in [1.54, 1.807) is 25.3 Å². The summed E-state index contributed by atoms with van der Waals surface area (Å²) in [5.41, 5.74) is 1.26. The average molecular weight is 288 g/mol. The quantitative estimate of drug-likeness (QED) is 0.767. The van der Waals surface area contributed by atoms with E-state index in [0.717, 1.165) is 5.69 Å². The molecule has 0 aliphatic heterocycles. The van der Waals surface area contributed by atoms with Gasteiger partial charge in [-0.2, -0.15) is 5.10 Å². The van der Waals surface area contributed by atoms with Gasteiger partial charge in [0.1, 0.15) is 0 Å². The minimum absolute atomic E-state index is 0.0419. The molecule has 0 radical (unpaired) electrons. The van der Waals surface area contributed by atoms with Crippen molar-refractivity contribution in [2.24, 2.45) is 0 Å². The molecular weight excluding hydrogens is 268 g/mol. The maximum atomic E-state index is 12.5. The number of nitrogens with zero attached hydrogens (tertiary/aromatic N) is 2. The van der Waals surface area contributed by atoms with Crippen LogP contribution >= 0.6 is 0 Å². The van der Waals surface area contributed by atoms with Crippen LogP contribution in [-0.4, -0.2) is 29.8 Å². The molecule has 1 aromatic heterocycles. The molecule has 112 valence electrons. The molecule has 0 N–H and O–H groups in total. The van der Waals surface area contributed by atoms with Crippen LogP contribution in [-0.2, 0) is 6.42 Å². The van der Waals surface area contributed by atoms with Gasteiger partial charge in [-0.3, -0.25) is 9.48 Å². The lowest BCUT2D eigenvalue weighted by Crippen LogP contribution is -2.08. The smallest absolute Gasteiger partial charge is 0.172 e. The second kappa shape index (κ2) is 6.43. The first kappa shape index (κ1) is 15.1. The molecule has 21 heavy (non-hydrogen) atoms. The maximum Gasteiger partial charge on any atom is 0.172 e. The molecule has 1 aromatic carbocycles. The van der Waals surface area contributed by atoms with Crippen LogP contribution in [0.2, 0.25) is 0 Å². The summed E-state index contributed by atoms with van der Waals surface area (Å²) in [6.45, 7) is 4.09. The molecule has 0 amide bonds. The second-order valence-electron chi connectivity index (χ2n) is 5.02. The standard InChI is InChI=1S/C16H20N2O3/c1-11(2)18-9-8-12(17-18)10-14(19)13-6-5-7-15(20-3)16(13)21-4/h5-9,11H,10H2,1-4H3. The van der Waals surface area contributed by atoms with E-state index in [1.807, 2.05) is 30.8 Å². The first-order valence-corrected chi connectivity index (χ1v) is 6.85. The summed E-state index contributed by atoms with van der Waals surface area (Å²) in [7, 11) is 3.08. The number of aromatic nitrogens is 2. The van der Waals surface area contributed by atoms with Gasteiger partial charge in [0, 0.05) is 12.2 Å². The normalized spacial score (nSPS) is 10.7. The lowest BCUT2D eigenvalue weighted by Gasteiger charge is -2.11. The van der Waals surface area contributed by atoms with Crippen molar-refractivity contribution in [3.05, 3.63) is 41.7 Å². The average Bonchev–Trinajstić information content (AvgIpc) is 2.94. The van der Waals surface area contributed by atoms with Crippen molar-refractivity contribution >= 4 is 5.78 Å². The zero-order valence-corrected chi connectivity index (χ0v) is 12.8. The fraction of sp³-hybridized carbons (Fsp3) is 0.375. The van der Waals surface area contributed by atoms with E-state index < -0.39 is 0 Å². The summed E-state index contributed by atoms with van der Waals surface area (Å²) >= 11 is 0. The van der Waals surface area contributed by atoms with E-state index in [9.17, 15) is 4.79 Å². The number of hydrogen-bond acceptors (Lipinski definition) is 4. The Hall–Kier alpha value is -2.30. The van der Waals surface area contributed by atoms with Gasteiger partial charge in [0.25, 0.3) is 0 Å². The van der Waals surface area contributed by atoms with Crippen LogP contribution in [0.25, 0.3) is 0 Å². The number of para-hydroxylation sites is 1. The highest BCUT2D eigenvalue weighted by Gasteiger charge is 2.17. The van der Waals surface area contributed by atoms with Crippen molar-refractivity contribution in [2.75, 3.05) is 14.2 Å². The van der Waals surface area contributed by atoms with Crippen LogP contribution in [0.5, 0.6) is 11.5 Å². The van der Waals surface area contributed by atoms with Crippen molar-refractivity contribution in [1.82, 2.24) is 9.78 Å². The zero-order chi connectivity index (χ0) is 15.4. The largest absolute Gasteiger partial charge is 0.493 e. The van der Waals surface area contributed by atoms with Gasteiger partial charge in [-0.1, -0.05) is 6.07 Å². The Morgan fingerprint density at radius 3 is 2.57 bits per heavy atom. The van der Waals surface area contributed by atoms with Crippen LogP contribution in [0.1, 0.15) is 35.9 Å². The fourth-order valence-electron chi connectivity index (χ4n) is 2.13. The van der Waals surface area contributed by atoms with Gasteiger partial charge >= 0.3 is 0 Å². The highest BCUT2D eigenvalue weighted by atomic mass is 16.5. The van der Waals surface area contributed by atoms with Crippen LogP contribution in [0.15, 0.2) is 30.5 Å². The lowest BCUT2D eigenvalue weighted by molar-refractivity contribution is 0.0988. The summed E-state index contributed by atoms with van der Waals surface area (Å²) in [5, 5.41) is 4.40. The Bertz CT molecular complexity index is 632. The first-order chi connectivity index (χ1) is 10.1. The van der Waals surface area contributed by atoms with Crippen molar-refractivity contribution in [2.45, 2.75) is 26.3 Å². The van der Waals surface area contributed by atoms with E-state index in [0.29, 0.717) is 17.1 Å². The van der Waals surface area contributed by atoms with Gasteiger partial charge in [-0.25, -0.2) is 0 Å². The van der Waals surface area contributed by atoms with Crippen LogP contribution in [0.4, 0.5) is 0 Å². The van der Waals surface area contributed by atoms with Crippen molar-refractivity contribution in [3.63, 3.8) is 0 Å². The summed E-state index contributed by atoms with van der Waals surface area (Å²) in [6, 6.07) is 7.43. The first-order valence-electron chi connectivity index (χ1n) is 6.85. The molecule has 0 aliphatic rings. The summed E-state index contributed by atoms with van der Waals surface area (Å²) in [4.78, 5) is 12.5. The molecular formula is C16H20N2O3. The molecule has 5 heteroatoms. The third-order valence-electron chi connectivity index (χ3n) is 3.24. The number of rotatable bonds is 6. The van der Waals surface area contributed by atoms with Crippen LogP contribution in [0, 0.1) is 0 Å². The minimum atomic E-state index is -0.0419. The van der Waals surface area contributed by atoms with Crippen molar-refractivity contribution < 1.29 is 14.3 Å². The van der Waals surface area contributed by atoms with Crippen molar-refractivity contribution in [1.29, 1.82) is 0 Å². The van der Waals surface area contributed by atoms with Crippen LogP contribution < -0.4 is 9.47 Å². The SMILES string of the molecule is COc1cccc(C(=O)Cc2ccn(C(C)C)n2)c1OC. The predicted octanol–water partition coefficient (Wildman–Crippen LogP) is 2.91. The van der Waals surface area contributed by atoms with Crippen molar-refractivity contribution in [3.8, 4) is 11.5 Å². The molecule has 0 atom stereocenters. The van der Waals surface area contributed by atoms with E-state index in [4.69, 9.17) is 9.47 Å². The van der Waals surface area contributed by atoms with Gasteiger partial charge in [-0.05, 0) is 32.0 Å². The molecule has 0 spiro atoms. The lowest BCUT2D eigenvalue weighted by atomic mass is 10.1. The Balaban J connectivity index is 2.23. The number of hydrogen-bond donors (Lipinski definition) is 0. The summed E-state index contributed by atoms with van der Waals surface area (Å²) in [6.07, 6.45) is 2.12. The zero-order valence-electron chi connectivity index (χ0n) is 12.8. The number of benzene rings is 1. The molecule has 0 aliphatic carbocycles.